The van der Waals surface area contributed by atoms with Crippen molar-refractivity contribution in [2.45, 2.75) is 46.6 Å². The van der Waals surface area contributed by atoms with Crippen LogP contribution < -0.4 is 5.32 Å². The van der Waals surface area contributed by atoms with Gasteiger partial charge in [-0.25, -0.2) is 0 Å². The Hall–Kier alpha value is -3.09. The standard InChI is InChI=1S/C25H33N5O2/c1-17-7-10-27-30(17)14-11-26-24(31)15-20-8-12-29(13-9-20)25(32)21-5-6-23-22(16-21)18(2)19(3)28(23)4/h5-7,10,16,20H,8-9,11-15H2,1-4H3,(H,26,31). The van der Waals surface area contributed by atoms with E-state index in [2.05, 4.69) is 35.9 Å². The molecule has 0 unspecified atom stereocenters. The van der Waals surface area contributed by atoms with Crippen molar-refractivity contribution in [2.75, 3.05) is 19.6 Å². The van der Waals surface area contributed by atoms with Gasteiger partial charge in [0.2, 0.25) is 5.91 Å². The molecule has 2 aromatic heterocycles. The van der Waals surface area contributed by atoms with Crippen molar-refractivity contribution < 1.29 is 9.59 Å². The number of fused-ring (bicyclic) bond motifs is 1. The predicted molar refractivity (Wildman–Crippen MR) is 126 cm³/mol. The van der Waals surface area contributed by atoms with Crippen molar-refractivity contribution in [3.8, 4) is 0 Å². The molecule has 0 saturated carbocycles. The molecule has 3 heterocycles. The van der Waals surface area contributed by atoms with Gasteiger partial charge in [0.25, 0.3) is 5.91 Å². The summed E-state index contributed by atoms with van der Waals surface area (Å²) in [6.45, 7) is 8.89. The molecule has 1 N–H and O–H groups in total. The summed E-state index contributed by atoms with van der Waals surface area (Å²) in [4.78, 5) is 27.3. The van der Waals surface area contributed by atoms with Crippen molar-refractivity contribution in [1.82, 2.24) is 24.6 Å². The molecule has 4 rings (SSSR count). The number of nitrogens with one attached hydrogen (secondary N) is 1. The molecule has 1 aliphatic heterocycles. The zero-order valence-electron chi connectivity index (χ0n) is 19.5. The average Bonchev–Trinajstić information content (AvgIpc) is 3.30. The summed E-state index contributed by atoms with van der Waals surface area (Å²) in [6.07, 6.45) is 4.02. The molecule has 32 heavy (non-hydrogen) atoms. The van der Waals surface area contributed by atoms with E-state index >= 15 is 0 Å². The molecule has 0 bridgehead atoms. The molecule has 1 saturated heterocycles. The average molecular weight is 436 g/mol. The zero-order chi connectivity index (χ0) is 22.8. The van der Waals surface area contributed by atoms with Gasteiger partial charge in [-0.05, 0) is 69.4 Å². The van der Waals surface area contributed by atoms with E-state index in [1.54, 1.807) is 6.20 Å². The fraction of sp³-hybridized carbons (Fsp3) is 0.480. The number of aryl methyl sites for hydroxylation is 3. The van der Waals surface area contributed by atoms with E-state index in [1.165, 1.54) is 11.3 Å². The van der Waals surface area contributed by atoms with Crippen LogP contribution in [-0.2, 0) is 18.4 Å². The van der Waals surface area contributed by atoms with Crippen LogP contribution in [0.2, 0.25) is 0 Å². The third-order valence-electron chi connectivity index (χ3n) is 7.01. The summed E-state index contributed by atoms with van der Waals surface area (Å²) < 4.78 is 4.06. The van der Waals surface area contributed by atoms with Gasteiger partial charge in [-0.1, -0.05) is 0 Å². The number of likely N-dealkylation sites (tertiary alicyclic amines) is 1. The molecule has 7 heteroatoms. The van der Waals surface area contributed by atoms with Crippen molar-refractivity contribution in [2.24, 2.45) is 13.0 Å². The smallest absolute Gasteiger partial charge is 0.253 e. The van der Waals surface area contributed by atoms with E-state index in [0.29, 0.717) is 38.5 Å². The molecule has 0 aliphatic carbocycles. The van der Waals surface area contributed by atoms with Gasteiger partial charge in [0.05, 0.1) is 6.54 Å². The second kappa shape index (κ2) is 9.18. The molecule has 0 spiro atoms. The van der Waals surface area contributed by atoms with Crippen molar-refractivity contribution >= 4 is 22.7 Å². The Morgan fingerprint density at radius 2 is 1.88 bits per heavy atom. The molecule has 170 valence electrons. The number of benzene rings is 1. The number of carbonyl (C=O) groups is 2. The predicted octanol–water partition coefficient (Wildman–Crippen LogP) is 3.36. The van der Waals surface area contributed by atoms with Crippen LogP contribution in [0.25, 0.3) is 10.9 Å². The Bertz CT molecular complexity index is 1130. The highest BCUT2D eigenvalue weighted by Crippen LogP contribution is 2.27. The van der Waals surface area contributed by atoms with Gasteiger partial charge in [0, 0.05) is 67.2 Å². The third-order valence-corrected chi connectivity index (χ3v) is 7.01. The Labute approximate surface area is 189 Å². The SMILES string of the molecule is Cc1c(C)n(C)c2ccc(C(=O)N3CCC(CC(=O)NCCn4nccc4C)CC3)cc12. The van der Waals surface area contributed by atoms with Crippen molar-refractivity contribution in [3.63, 3.8) is 0 Å². The minimum Gasteiger partial charge on any atom is -0.354 e. The quantitative estimate of drug-likeness (QED) is 0.645. The third kappa shape index (κ3) is 4.42. The first-order valence-corrected chi connectivity index (χ1v) is 11.4. The van der Waals surface area contributed by atoms with Gasteiger partial charge in [-0.15, -0.1) is 0 Å². The Morgan fingerprint density at radius 3 is 2.56 bits per heavy atom. The summed E-state index contributed by atoms with van der Waals surface area (Å²) in [5.74, 6) is 0.497. The zero-order valence-corrected chi connectivity index (χ0v) is 19.5. The molecule has 1 fully saturated rings. The number of aromatic nitrogens is 3. The molecule has 0 atom stereocenters. The van der Waals surface area contributed by atoms with Gasteiger partial charge in [-0.3, -0.25) is 14.3 Å². The minimum absolute atomic E-state index is 0.0833. The summed E-state index contributed by atoms with van der Waals surface area (Å²) in [7, 11) is 2.06. The van der Waals surface area contributed by atoms with E-state index in [4.69, 9.17) is 0 Å². The van der Waals surface area contributed by atoms with Gasteiger partial charge in [-0.2, -0.15) is 5.10 Å². The highest BCUT2D eigenvalue weighted by molar-refractivity contribution is 5.99. The maximum Gasteiger partial charge on any atom is 0.253 e. The normalized spacial score (nSPS) is 14.8. The first-order chi connectivity index (χ1) is 15.3. The highest BCUT2D eigenvalue weighted by atomic mass is 16.2. The fourth-order valence-electron chi connectivity index (χ4n) is 4.68. The monoisotopic (exact) mass is 435 g/mol. The topological polar surface area (TPSA) is 72.2 Å². The van der Waals surface area contributed by atoms with Crippen LogP contribution in [0.5, 0.6) is 0 Å². The molecule has 7 nitrogen and oxygen atoms in total. The number of hydrogen-bond acceptors (Lipinski definition) is 3. The number of hydrogen-bond donors (Lipinski definition) is 1. The number of piperidine rings is 1. The lowest BCUT2D eigenvalue weighted by molar-refractivity contribution is -0.122. The second-order valence-electron chi connectivity index (χ2n) is 8.99. The molecule has 1 aromatic carbocycles. The maximum atomic E-state index is 13.1. The van der Waals surface area contributed by atoms with Crippen LogP contribution in [0.15, 0.2) is 30.5 Å². The first-order valence-electron chi connectivity index (χ1n) is 11.4. The Morgan fingerprint density at radius 1 is 1.12 bits per heavy atom. The van der Waals surface area contributed by atoms with Crippen molar-refractivity contribution in [1.29, 1.82) is 0 Å². The second-order valence-corrected chi connectivity index (χ2v) is 8.99. The van der Waals surface area contributed by atoms with Gasteiger partial charge in [0.15, 0.2) is 0 Å². The van der Waals surface area contributed by atoms with Crippen LogP contribution in [0.3, 0.4) is 0 Å². The van der Waals surface area contributed by atoms with Crippen LogP contribution >= 0.6 is 0 Å². The van der Waals surface area contributed by atoms with Gasteiger partial charge >= 0.3 is 0 Å². The Balaban J connectivity index is 1.27. The first kappa shape index (κ1) is 22.1. The number of nitrogens with zero attached hydrogens (tertiary/aromatic N) is 4. The molecule has 0 radical (unpaired) electrons. The molecule has 1 aliphatic rings. The minimum atomic E-state index is 0.0833. The number of carbonyl (C=O) groups excluding carboxylic acids is 2. The lowest BCUT2D eigenvalue weighted by Gasteiger charge is -2.32. The lowest BCUT2D eigenvalue weighted by atomic mass is 9.92. The number of rotatable bonds is 6. The van der Waals surface area contributed by atoms with Crippen LogP contribution in [0, 0.1) is 26.7 Å². The van der Waals surface area contributed by atoms with Gasteiger partial charge in [0.1, 0.15) is 0 Å². The maximum absolute atomic E-state index is 13.1. The van der Waals surface area contributed by atoms with Crippen LogP contribution in [-0.4, -0.2) is 50.7 Å². The van der Waals surface area contributed by atoms with Crippen LogP contribution in [0.1, 0.15) is 46.6 Å². The molecular weight excluding hydrogens is 402 g/mol. The van der Waals surface area contributed by atoms with E-state index in [-0.39, 0.29) is 11.8 Å². The lowest BCUT2D eigenvalue weighted by Crippen LogP contribution is -2.40. The van der Waals surface area contributed by atoms with Crippen molar-refractivity contribution in [3.05, 3.63) is 53.0 Å². The molecule has 2 amide bonds. The van der Waals surface area contributed by atoms with E-state index in [1.807, 2.05) is 40.8 Å². The van der Waals surface area contributed by atoms with Gasteiger partial charge < -0.3 is 14.8 Å². The van der Waals surface area contributed by atoms with E-state index in [9.17, 15) is 9.59 Å². The Kier molecular flexibility index (Phi) is 6.35. The van der Waals surface area contributed by atoms with E-state index < -0.39 is 0 Å². The highest BCUT2D eigenvalue weighted by Gasteiger charge is 2.25. The summed E-state index contributed by atoms with van der Waals surface area (Å²) in [6, 6.07) is 7.96. The summed E-state index contributed by atoms with van der Waals surface area (Å²) in [5, 5.41) is 8.38. The van der Waals surface area contributed by atoms with E-state index in [0.717, 1.165) is 35.0 Å². The molecular formula is C25H33N5O2. The van der Waals surface area contributed by atoms with Crippen LogP contribution in [0.4, 0.5) is 0 Å². The largest absolute Gasteiger partial charge is 0.354 e. The summed E-state index contributed by atoms with van der Waals surface area (Å²) in [5.41, 5.74) is 5.45. The fourth-order valence-corrected chi connectivity index (χ4v) is 4.68. The summed E-state index contributed by atoms with van der Waals surface area (Å²) >= 11 is 0. The number of amides is 2. The molecule has 3 aromatic rings.